The minimum atomic E-state index is -0.437. The van der Waals surface area contributed by atoms with E-state index in [9.17, 15) is 9.59 Å². The highest BCUT2D eigenvalue weighted by atomic mass is 79.9. The van der Waals surface area contributed by atoms with Gasteiger partial charge in [0.05, 0.1) is 23.9 Å². The van der Waals surface area contributed by atoms with Gasteiger partial charge in [0, 0.05) is 17.2 Å². The monoisotopic (exact) mass is 397 g/mol. The molecule has 0 aromatic heterocycles. The van der Waals surface area contributed by atoms with Crippen molar-refractivity contribution in [2.24, 2.45) is 0 Å². The number of para-hydroxylation sites is 1. The van der Waals surface area contributed by atoms with Crippen molar-refractivity contribution in [3.8, 4) is 0 Å². The molecule has 3 amide bonds. The lowest BCUT2D eigenvalue weighted by molar-refractivity contribution is -0.114. The predicted molar refractivity (Wildman–Crippen MR) is 99.0 cm³/mol. The lowest BCUT2D eigenvalue weighted by Gasteiger charge is -2.31. The first-order valence-corrected chi connectivity index (χ1v) is 8.75. The summed E-state index contributed by atoms with van der Waals surface area (Å²) in [5.41, 5.74) is 3.11. The largest absolute Gasteiger partial charge is 0.327 e. The number of rotatable bonds is 2. The van der Waals surface area contributed by atoms with E-state index in [-0.39, 0.29) is 11.9 Å². The van der Waals surface area contributed by atoms with E-state index in [0.717, 1.165) is 21.4 Å². The van der Waals surface area contributed by atoms with Crippen LogP contribution in [0.15, 0.2) is 70.3 Å². The topological polar surface area (TPSA) is 52.7 Å². The first kappa shape index (κ1) is 15.9. The number of urea groups is 1. The molecule has 1 atom stereocenters. The maximum atomic E-state index is 13.1. The fourth-order valence-corrected chi connectivity index (χ4v) is 3.55. The molecule has 0 spiro atoms. The van der Waals surface area contributed by atoms with E-state index < -0.39 is 6.04 Å². The molecule has 0 radical (unpaired) electrons. The van der Waals surface area contributed by atoms with Gasteiger partial charge in [0.1, 0.15) is 0 Å². The van der Waals surface area contributed by atoms with Crippen LogP contribution >= 0.6 is 15.9 Å². The van der Waals surface area contributed by atoms with Gasteiger partial charge in [-0.15, -0.1) is 0 Å². The average Bonchev–Trinajstić information content (AvgIpc) is 2.97. The van der Waals surface area contributed by atoms with E-state index >= 15 is 0 Å². The van der Waals surface area contributed by atoms with Crippen LogP contribution < -0.4 is 10.2 Å². The second-order valence-corrected chi connectivity index (χ2v) is 7.00. The van der Waals surface area contributed by atoms with E-state index in [1.165, 1.54) is 4.90 Å². The smallest absolute Gasteiger partial charge is 0.322 e. The number of amides is 3. The summed E-state index contributed by atoms with van der Waals surface area (Å²) >= 11 is 3.42. The normalized spacial score (nSPS) is 20.0. The number of benzene rings is 2. The maximum absolute atomic E-state index is 13.1. The number of likely N-dealkylation sites (N-methyl/N-ethyl adjacent to an activating group) is 1. The molecule has 0 saturated heterocycles. The highest BCUT2D eigenvalue weighted by molar-refractivity contribution is 9.10. The van der Waals surface area contributed by atoms with E-state index in [0.29, 0.717) is 12.1 Å². The van der Waals surface area contributed by atoms with Gasteiger partial charge in [-0.1, -0.05) is 46.3 Å². The van der Waals surface area contributed by atoms with Crippen molar-refractivity contribution in [2.45, 2.75) is 6.04 Å². The Balaban J connectivity index is 1.77. The summed E-state index contributed by atoms with van der Waals surface area (Å²) in [5, 5.41) is 2.94. The van der Waals surface area contributed by atoms with E-state index in [4.69, 9.17) is 0 Å². The van der Waals surface area contributed by atoms with Crippen molar-refractivity contribution in [1.29, 1.82) is 0 Å². The quantitative estimate of drug-likeness (QED) is 0.843. The Hall–Kier alpha value is -2.60. The second kappa shape index (κ2) is 6.04. The van der Waals surface area contributed by atoms with Crippen LogP contribution in [0, 0.1) is 0 Å². The average molecular weight is 398 g/mol. The number of carbonyl (C=O) groups excluding carboxylic acids is 2. The number of nitrogens with zero attached hydrogens (tertiary/aromatic N) is 2. The van der Waals surface area contributed by atoms with Crippen LogP contribution in [0.25, 0.3) is 0 Å². The summed E-state index contributed by atoms with van der Waals surface area (Å²) in [5.74, 6) is -0.0685. The molecule has 0 aliphatic carbocycles. The zero-order valence-electron chi connectivity index (χ0n) is 13.6. The van der Waals surface area contributed by atoms with Crippen molar-refractivity contribution in [3.63, 3.8) is 0 Å². The number of hydrogen-bond donors (Lipinski definition) is 1. The van der Waals surface area contributed by atoms with Crippen molar-refractivity contribution in [2.75, 3.05) is 18.5 Å². The first-order chi connectivity index (χ1) is 12.1. The standard InChI is InChI=1S/C19H16BrN3O2/c1-22-15-11-23(14-5-3-2-4-6-14)18(24)16(15)17(21-19(22)25)12-7-9-13(20)10-8-12/h2-10,17H,11H2,1H3,(H,21,25). The van der Waals surface area contributed by atoms with Gasteiger partial charge in [-0.3, -0.25) is 9.69 Å². The molecule has 2 aliphatic rings. The fourth-order valence-electron chi connectivity index (χ4n) is 3.29. The third-order valence-corrected chi connectivity index (χ3v) is 5.16. The molecule has 2 aromatic carbocycles. The van der Waals surface area contributed by atoms with E-state index in [1.54, 1.807) is 11.9 Å². The van der Waals surface area contributed by atoms with Crippen LogP contribution in [0.3, 0.4) is 0 Å². The van der Waals surface area contributed by atoms with Crippen LogP contribution in [0.5, 0.6) is 0 Å². The Labute approximate surface area is 154 Å². The summed E-state index contributed by atoms with van der Waals surface area (Å²) in [6.45, 7) is 0.398. The molecule has 5 nitrogen and oxygen atoms in total. The van der Waals surface area contributed by atoms with Crippen molar-refractivity contribution in [1.82, 2.24) is 10.2 Å². The third kappa shape index (κ3) is 2.62. The molecule has 25 heavy (non-hydrogen) atoms. The molecule has 4 rings (SSSR count). The minimum absolute atomic E-state index is 0.0685. The maximum Gasteiger partial charge on any atom is 0.322 e. The Morgan fingerprint density at radius 3 is 2.40 bits per heavy atom. The summed E-state index contributed by atoms with van der Waals surface area (Å²) in [6, 6.07) is 16.6. The lowest BCUT2D eigenvalue weighted by Crippen LogP contribution is -2.45. The van der Waals surface area contributed by atoms with Gasteiger partial charge in [0.15, 0.2) is 0 Å². The van der Waals surface area contributed by atoms with E-state index in [2.05, 4.69) is 21.2 Å². The third-order valence-electron chi connectivity index (χ3n) is 4.63. The number of carbonyl (C=O) groups is 2. The highest BCUT2D eigenvalue weighted by Crippen LogP contribution is 2.37. The van der Waals surface area contributed by atoms with Crippen LogP contribution in [0.1, 0.15) is 11.6 Å². The van der Waals surface area contributed by atoms with Gasteiger partial charge >= 0.3 is 6.03 Å². The Morgan fingerprint density at radius 2 is 1.72 bits per heavy atom. The van der Waals surface area contributed by atoms with Gasteiger partial charge < -0.3 is 10.2 Å². The summed E-state index contributed by atoms with van der Waals surface area (Å²) in [7, 11) is 1.70. The molecule has 2 aliphatic heterocycles. The SMILES string of the molecule is CN1C(=O)NC(c2ccc(Br)cc2)C2=C1CN(c1ccccc1)C2=O. The lowest BCUT2D eigenvalue weighted by atomic mass is 9.96. The van der Waals surface area contributed by atoms with Crippen molar-refractivity contribution < 1.29 is 9.59 Å². The van der Waals surface area contributed by atoms with Crippen LogP contribution in [0.4, 0.5) is 10.5 Å². The molecule has 1 unspecified atom stereocenters. The van der Waals surface area contributed by atoms with Crippen LogP contribution in [-0.2, 0) is 4.79 Å². The zero-order valence-corrected chi connectivity index (χ0v) is 15.2. The van der Waals surface area contributed by atoms with Gasteiger partial charge in [0.2, 0.25) is 0 Å². The predicted octanol–water partition coefficient (Wildman–Crippen LogP) is 3.45. The molecular formula is C19H16BrN3O2. The highest BCUT2D eigenvalue weighted by Gasteiger charge is 2.43. The number of hydrogen-bond acceptors (Lipinski definition) is 2. The molecule has 2 aromatic rings. The van der Waals surface area contributed by atoms with Gasteiger partial charge in [-0.25, -0.2) is 4.79 Å². The molecule has 126 valence electrons. The number of anilines is 1. The van der Waals surface area contributed by atoms with Crippen LogP contribution in [-0.4, -0.2) is 30.4 Å². The number of halogens is 1. The molecule has 1 N–H and O–H groups in total. The van der Waals surface area contributed by atoms with Gasteiger partial charge in [0.25, 0.3) is 5.91 Å². The molecule has 0 fully saturated rings. The van der Waals surface area contributed by atoms with Crippen molar-refractivity contribution in [3.05, 3.63) is 75.9 Å². The van der Waals surface area contributed by atoms with Gasteiger partial charge in [-0.05, 0) is 29.8 Å². The van der Waals surface area contributed by atoms with Crippen LogP contribution in [0.2, 0.25) is 0 Å². The Bertz CT molecular complexity index is 877. The van der Waals surface area contributed by atoms with E-state index in [1.807, 2.05) is 54.6 Å². The first-order valence-electron chi connectivity index (χ1n) is 7.96. The molecule has 6 heteroatoms. The van der Waals surface area contributed by atoms with Gasteiger partial charge in [-0.2, -0.15) is 0 Å². The Morgan fingerprint density at radius 1 is 1.04 bits per heavy atom. The fraction of sp³-hybridized carbons (Fsp3) is 0.158. The zero-order chi connectivity index (χ0) is 17.6. The molecular weight excluding hydrogens is 382 g/mol. The molecule has 2 heterocycles. The summed E-state index contributed by atoms with van der Waals surface area (Å²) in [4.78, 5) is 28.8. The Kier molecular flexibility index (Phi) is 3.84. The summed E-state index contributed by atoms with van der Waals surface area (Å²) in [6.07, 6.45) is 0. The molecule has 0 saturated carbocycles. The number of nitrogens with one attached hydrogen (secondary N) is 1. The van der Waals surface area contributed by atoms with Crippen molar-refractivity contribution >= 4 is 33.6 Å². The summed E-state index contributed by atoms with van der Waals surface area (Å²) < 4.78 is 0.952. The molecule has 0 bridgehead atoms. The minimum Gasteiger partial charge on any atom is -0.327 e. The second-order valence-electron chi connectivity index (χ2n) is 6.08.